The van der Waals surface area contributed by atoms with Crippen molar-refractivity contribution in [2.75, 3.05) is 6.61 Å². The molecule has 0 aliphatic carbocycles. The van der Waals surface area contributed by atoms with E-state index in [4.69, 9.17) is 11.2 Å². The molecule has 0 bridgehead atoms. The summed E-state index contributed by atoms with van der Waals surface area (Å²) in [7, 11) is 0. The molecule has 0 unspecified atom stereocenters. The van der Waals surface area contributed by atoms with E-state index in [9.17, 15) is 9.59 Å². The molecular formula is C12H9NO3. The lowest BCUT2D eigenvalue weighted by molar-refractivity contribution is -0.123. The van der Waals surface area contributed by atoms with Gasteiger partial charge in [0.25, 0.3) is 0 Å². The molecule has 1 aromatic rings. The predicted octanol–water partition coefficient (Wildman–Crippen LogP) is 1.34. The number of benzene rings is 1. The van der Waals surface area contributed by atoms with Gasteiger partial charge in [0.15, 0.2) is 0 Å². The van der Waals surface area contributed by atoms with Crippen molar-refractivity contribution in [1.82, 2.24) is 4.90 Å². The third kappa shape index (κ3) is 1.63. The Labute approximate surface area is 92.8 Å². The minimum atomic E-state index is -0.684. The highest BCUT2D eigenvalue weighted by Gasteiger charge is 2.38. The number of rotatable bonds is 1. The van der Waals surface area contributed by atoms with Crippen LogP contribution in [0.5, 0.6) is 0 Å². The van der Waals surface area contributed by atoms with Crippen LogP contribution in [0, 0.1) is 12.3 Å². The van der Waals surface area contributed by atoms with Crippen molar-refractivity contribution in [2.45, 2.75) is 6.04 Å². The Kier molecular flexibility index (Phi) is 2.61. The smallest absolute Gasteiger partial charge is 0.418 e. The van der Waals surface area contributed by atoms with Crippen LogP contribution in [0.25, 0.3) is 0 Å². The summed E-state index contributed by atoms with van der Waals surface area (Å²) in [6, 6.07) is 8.74. The van der Waals surface area contributed by atoms with Gasteiger partial charge in [-0.2, -0.15) is 0 Å². The molecule has 1 aliphatic heterocycles. The summed E-state index contributed by atoms with van der Waals surface area (Å²) < 4.78 is 4.83. The van der Waals surface area contributed by atoms with Crippen LogP contribution in [0.1, 0.15) is 11.6 Å². The molecule has 1 saturated heterocycles. The van der Waals surface area contributed by atoms with Crippen molar-refractivity contribution in [2.24, 2.45) is 0 Å². The minimum Gasteiger partial charge on any atom is -0.446 e. The van der Waals surface area contributed by atoms with Gasteiger partial charge in [-0.3, -0.25) is 4.79 Å². The van der Waals surface area contributed by atoms with E-state index in [-0.39, 0.29) is 6.61 Å². The Morgan fingerprint density at radius 1 is 1.44 bits per heavy atom. The average molecular weight is 215 g/mol. The highest BCUT2D eigenvalue weighted by Crippen LogP contribution is 2.27. The number of terminal acetylenes is 1. The zero-order valence-electron chi connectivity index (χ0n) is 8.42. The van der Waals surface area contributed by atoms with Crippen LogP contribution in [-0.2, 0) is 9.53 Å². The summed E-state index contributed by atoms with van der Waals surface area (Å²) in [5.74, 6) is 1.25. The van der Waals surface area contributed by atoms with Gasteiger partial charge in [-0.15, -0.1) is 6.42 Å². The molecule has 1 aromatic carbocycles. The largest absolute Gasteiger partial charge is 0.446 e. The molecule has 1 heterocycles. The predicted molar refractivity (Wildman–Crippen MR) is 56.2 cm³/mol. The second-order valence-corrected chi connectivity index (χ2v) is 3.32. The molecule has 16 heavy (non-hydrogen) atoms. The third-order valence-corrected chi connectivity index (χ3v) is 2.40. The first-order valence-electron chi connectivity index (χ1n) is 4.75. The van der Waals surface area contributed by atoms with Crippen molar-refractivity contribution >= 4 is 12.0 Å². The molecule has 2 rings (SSSR count). The van der Waals surface area contributed by atoms with E-state index in [1.165, 1.54) is 0 Å². The topological polar surface area (TPSA) is 46.6 Å². The molecule has 0 N–H and O–H groups in total. The summed E-state index contributed by atoms with van der Waals surface area (Å²) in [5, 5.41) is 0. The Balaban J connectivity index is 2.32. The summed E-state index contributed by atoms with van der Waals surface area (Å²) in [6.07, 6.45) is 4.32. The fourth-order valence-corrected chi connectivity index (χ4v) is 1.64. The number of cyclic esters (lactones) is 1. The van der Waals surface area contributed by atoms with Crippen LogP contribution in [0.3, 0.4) is 0 Å². The standard InChI is InChI=1S/C12H9NO3/c1-2-11(14)13-10(8-16-12(13)15)9-6-4-3-5-7-9/h1,3-7,10H,8H2/t10-/m1/s1. The molecule has 0 spiro atoms. The lowest BCUT2D eigenvalue weighted by Crippen LogP contribution is -2.32. The van der Waals surface area contributed by atoms with E-state index >= 15 is 0 Å². The number of imide groups is 1. The summed E-state index contributed by atoms with van der Waals surface area (Å²) >= 11 is 0. The van der Waals surface area contributed by atoms with Crippen LogP contribution in [-0.4, -0.2) is 23.5 Å². The van der Waals surface area contributed by atoms with Crippen LogP contribution < -0.4 is 0 Å². The molecule has 1 fully saturated rings. The molecule has 0 aromatic heterocycles. The maximum atomic E-state index is 11.4. The van der Waals surface area contributed by atoms with Gasteiger partial charge in [0.1, 0.15) is 12.6 Å². The highest BCUT2D eigenvalue weighted by atomic mass is 16.6. The second-order valence-electron chi connectivity index (χ2n) is 3.32. The van der Waals surface area contributed by atoms with Gasteiger partial charge < -0.3 is 4.74 Å². The lowest BCUT2D eigenvalue weighted by Gasteiger charge is -2.16. The Morgan fingerprint density at radius 2 is 2.12 bits per heavy atom. The molecule has 1 atom stereocenters. The first kappa shape index (κ1) is 10.2. The molecule has 4 nitrogen and oxygen atoms in total. The van der Waals surface area contributed by atoms with E-state index in [0.29, 0.717) is 0 Å². The monoisotopic (exact) mass is 215 g/mol. The van der Waals surface area contributed by atoms with Gasteiger partial charge >= 0.3 is 12.0 Å². The van der Waals surface area contributed by atoms with Crippen molar-refractivity contribution in [3.8, 4) is 12.3 Å². The summed E-state index contributed by atoms with van der Waals surface area (Å²) in [6.45, 7) is 0.149. The van der Waals surface area contributed by atoms with Crippen molar-refractivity contribution in [1.29, 1.82) is 0 Å². The summed E-state index contributed by atoms with van der Waals surface area (Å²) in [5.41, 5.74) is 0.831. The number of carbonyl (C=O) groups excluding carboxylic acids is 2. The van der Waals surface area contributed by atoms with E-state index in [0.717, 1.165) is 10.5 Å². The molecule has 1 aliphatic rings. The molecule has 2 amide bonds. The van der Waals surface area contributed by atoms with E-state index in [1.54, 1.807) is 0 Å². The zero-order chi connectivity index (χ0) is 11.5. The van der Waals surface area contributed by atoms with Crippen LogP contribution in [0.15, 0.2) is 30.3 Å². The highest BCUT2D eigenvalue weighted by molar-refractivity contribution is 6.03. The first-order chi connectivity index (χ1) is 7.74. The van der Waals surface area contributed by atoms with Gasteiger partial charge in [0.2, 0.25) is 0 Å². The molecule has 0 saturated carbocycles. The maximum Gasteiger partial charge on any atom is 0.418 e. The quantitative estimate of drug-likeness (QED) is 0.664. The Hall–Kier alpha value is -2.28. The van der Waals surface area contributed by atoms with Crippen LogP contribution in [0.2, 0.25) is 0 Å². The third-order valence-electron chi connectivity index (χ3n) is 2.40. The van der Waals surface area contributed by atoms with Gasteiger partial charge in [-0.05, 0) is 11.5 Å². The van der Waals surface area contributed by atoms with E-state index in [2.05, 4.69) is 0 Å². The SMILES string of the molecule is C#CC(=O)N1C(=O)OC[C@@H]1c1ccccc1. The number of carbonyl (C=O) groups is 2. The number of hydrogen-bond acceptors (Lipinski definition) is 3. The molecule has 4 heteroatoms. The van der Waals surface area contributed by atoms with Crippen molar-refractivity contribution in [3.05, 3.63) is 35.9 Å². The molecule has 80 valence electrons. The fourth-order valence-electron chi connectivity index (χ4n) is 1.64. The van der Waals surface area contributed by atoms with Gasteiger partial charge in [0, 0.05) is 0 Å². The van der Waals surface area contributed by atoms with Crippen LogP contribution in [0.4, 0.5) is 4.79 Å². The Morgan fingerprint density at radius 3 is 2.75 bits per heavy atom. The number of hydrogen-bond donors (Lipinski definition) is 0. The van der Waals surface area contributed by atoms with Crippen LogP contribution >= 0.6 is 0 Å². The maximum absolute atomic E-state index is 11.4. The van der Waals surface area contributed by atoms with E-state index in [1.807, 2.05) is 36.3 Å². The number of nitrogens with zero attached hydrogens (tertiary/aromatic N) is 1. The fraction of sp³-hybridized carbons (Fsp3) is 0.167. The van der Waals surface area contributed by atoms with Gasteiger partial charge in [-0.1, -0.05) is 30.3 Å². The van der Waals surface area contributed by atoms with Crippen molar-refractivity contribution in [3.63, 3.8) is 0 Å². The molecular weight excluding hydrogens is 206 g/mol. The Bertz CT molecular complexity index is 461. The number of ether oxygens (including phenoxy) is 1. The van der Waals surface area contributed by atoms with Gasteiger partial charge in [-0.25, -0.2) is 9.69 Å². The van der Waals surface area contributed by atoms with Gasteiger partial charge in [0.05, 0.1) is 0 Å². The second kappa shape index (κ2) is 4.07. The number of amides is 2. The minimum absolute atomic E-state index is 0.149. The van der Waals surface area contributed by atoms with Crippen molar-refractivity contribution < 1.29 is 14.3 Å². The average Bonchev–Trinajstić information content (AvgIpc) is 2.71. The lowest BCUT2D eigenvalue weighted by atomic mass is 10.1. The zero-order valence-corrected chi connectivity index (χ0v) is 8.42. The normalized spacial score (nSPS) is 19.1. The van der Waals surface area contributed by atoms with E-state index < -0.39 is 18.0 Å². The summed E-state index contributed by atoms with van der Waals surface area (Å²) in [4.78, 5) is 23.7. The molecule has 0 radical (unpaired) electrons. The first-order valence-corrected chi connectivity index (χ1v) is 4.75.